The quantitative estimate of drug-likeness (QED) is 0.729. The Morgan fingerprint density at radius 3 is 3.00 bits per heavy atom. The van der Waals surface area contributed by atoms with Crippen LogP contribution in [-0.4, -0.2) is 26.9 Å². The number of rotatable bonds is 3. The number of nitrogens with zero attached hydrogens (tertiary/aromatic N) is 3. The highest BCUT2D eigenvalue weighted by Gasteiger charge is 2.33. The van der Waals surface area contributed by atoms with E-state index in [1.165, 1.54) is 4.88 Å². The van der Waals surface area contributed by atoms with E-state index in [-0.39, 0.29) is 18.0 Å². The van der Waals surface area contributed by atoms with Gasteiger partial charge in [0.05, 0.1) is 23.4 Å². The smallest absolute Gasteiger partial charge is 0.245 e. The van der Waals surface area contributed by atoms with Crippen LogP contribution in [0.1, 0.15) is 36.7 Å². The molecule has 0 saturated carbocycles. The van der Waals surface area contributed by atoms with Gasteiger partial charge >= 0.3 is 0 Å². The summed E-state index contributed by atoms with van der Waals surface area (Å²) in [5.41, 5.74) is 1.95. The maximum Gasteiger partial charge on any atom is 0.245 e. The molecule has 4 rings (SSSR count). The average Bonchev–Trinajstić information content (AvgIpc) is 3.31. The third-order valence-corrected chi connectivity index (χ3v) is 5.64. The third-order valence-electron chi connectivity index (χ3n) is 4.66. The van der Waals surface area contributed by atoms with Crippen LogP contribution in [0.25, 0.3) is 11.0 Å². The van der Waals surface area contributed by atoms with Gasteiger partial charge in [0.15, 0.2) is 0 Å². The summed E-state index contributed by atoms with van der Waals surface area (Å²) in [7, 11) is 0. The minimum atomic E-state index is -0.233. The molecule has 0 bridgehead atoms. The zero-order chi connectivity index (χ0) is 15.8. The van der Waals surface area contributed by atoms with Crippen LogP contribution in [-0.2, 0) is 4.79 Å². The predicted molar refractivity (Wildman–Crippen MR) is 92.5 cm³/mol. The highest BCUT2D eigenvalue weighted by Crippen LogP contribution is 2.36. The fraction of sp³-hybridized carbons (Fsp3) is 0.333. The largest absolute Gasteiger partial charge is 0.333 e. The van der Waals surface area contributed by atoms with Crippen molar-refractivity contribution in [3.8, 4) is 0 Å². The van der Waals surface area contributed by atoms with Gasteiger partial charge in [-0.3, -0.25) is 4.79 Å². The molecule has 0 aliphatic carbocycles. The van der Waals surface area contributed by atoms with Crippen molar-refractivity contribution in [2.75, 3.05) is 6.54 Å². The Kier molecular flexibility index (Phi) is 3.65. The Morgan fingerprint density at radius 1 is 1.30 bits per heavy atom. The Labute approximate surface area is 139 Å². The maximum absolute atomic E-state index is 13.1. The first-order valence-electron chi connectivity index (χ1n) is 8.01. The molecule has 23 heavy (non-hydrogen) atoms. The van der Waals surface area contributed by atoms with E-state index in [1.807, 2.05) is 40.7 Å². The minimum absolute atomic E-state index is 0.184. The summed E-state index contributed by atoms with van der Waals surface area (Å²) in [5.74, 6) is 0.184. The molecule has 118 valence electrons. The second-order valence-corrected chi connectivity index (χ2v) is 7.00. The molecule has 1 saturated heterocycles. The first kappa shape index (κ1) is 14.5. The molecular weight excluding hydrogens is 306 g/mol. The molecule has 1 amide bonds. The fourth-order valence-corrected chi connectivity index (χ4v) is 4.33. The lowest BCUT2D eigenvalue weighted by atomic mass is 10.1. The summed E-state index contributed by atoms with van der Waals surface area (Å²) in [6, 6.07) is 12.2. The van der Waals surface area contributed by atoms with E-state index in [2.05, 4.69) is 22.5 Å². The van der Waals surface area contributed by atoms with E-state index >= 15 is 0 Å². The predicted octanol–water partition coefficient (Wildman–Crippen LogP) is 4.02. The summed E-state index contributed by atoms with van der Waals surface area (Å²) in [6.07, 6.45) is 3.92. The number of hydrogen-bond acceptors (Lipinski definition) is 3. The van der Waals surface area contributed by atoms with Crippen molar-refractivity contribution in [3.63, 3.8) is 0 Å². The number of aromatic nitrogens is 2. The van der Waals surface area contributed by atoms with Crippen molar-refractivity contribution in [1.82, 2.24) is 14.5 Å². The van der Waals surface area contributed by atoms with Crippen molar-refractivity contribution in [3.05, 3.63) is 53.0 Å². The molecule has 0 spiro atoms. The zero-order valence-corrected chi connectivity index (χ0v) is 13.9. The first-order chi connectivity index (χ1) is 11.3. The Balaban J connectivity index is 1.63. The number of carbonyl (C=O) groups excluding carboxylic acids is 1. The van der Waals surface area contributed by atoms with Crippen LogP contribution >= 0.6 is 11.3 Å². The van der Waals surface area contributed by atoms with Gasteiger partial charge in [-0.15, -0.1) is 11.3 Å². The summed E-state index contributed by atoms with van der Waals surface area (Å²) >= 11 is 1.74. The van der Waals surface area contributed by atoms with Gasteiger partial charge in [0, 0.05) is 11.4 Å². The molecule has 1 aliphatic rings. The second kappa shape index (κ2) is 5.81. The molecule has 3 heterocycles. The van der Waals surface area contributed by atoms with Crippen LogP contribution in [0.2, 0.25) is 0 Å². The summed E-state index contributed by atoms with van der Waals surface area (Å²) in [4.78, 5) is 20.8. The van der Waals surface area contributed by atoms with Crippen LogP contribution in [0.15, 0.2) is 48.1 Å². The number of imidazole rings is 1. The lowest BCUT2D eigenvalue weighted by molar-refractivity contribution is -0.135. The number of thiophene rings is 1. The van der Waals surface area contributed by atoms with Crippen LogP contribution in [0.4, 0.5) is 0 Å². The molecule has 2 atom stereocenters. The third kappa shape index (κ3) is 2.45. The van der Waals surface area contributed by atoms with Gasteiger partial charge in [0.1, 0.15) is 6.04 Å². The summed E-state index contributed by atoms with van der Waals surface area (Å²) in [5, 5.41) is 2.09. The first-order valence-corrected chi connectivity index (χ1v) is 8.89. The molecule has 1 fully saturated rings. The van der Waals surface area contributed by atoms with Gasteiger partial charge in [0.2, 0.25) is 5.91 Å². The van der Waals surface area contributed by atoms with Crippen molar-refractivity contribution in [2.45, 2.75) is 31.8 Å². The Hall–Kier alpha value is -2.14. The Morgan fingerprint density at radius 2 is 2.17 bits per heavy atom. The Bertz CT molecular complexity index is 824. The fourth-order valence-electron chi connectivity index (χ4n) is 3.45. The van der Waals surface area contributed by atoms with E-state index in [0.717, 1.165) is 30.4 Å². The number of para-hydroxylation sites is 2. The molecule has 0 radical (unpaired) electrons. The van der Waals surface area contributed by atoms with Crippen LogP contribution in [0.5, 0.6) is 0 Å². The van der Waals surface area contributed by atoms with Gasteiger partial charge in [-0.1, -0.05) is 18.2 Å². The van der Waals surface area contributed by atoms with Gasteiger partial charge in [-0.25, -0.2) is 4.98 Å². The number of amides is 1. The molecule has 2 aromatic heterocycles. The van der Waals surface area contributed by atoms with Crippen molar-refractivity contribution < 1.29 is 4.79 Å². The highest BCUT2D eigenvalue weighted by atomic mass is 32.1. The van der Waals surface area contributed by atoms with E-state index in [9.17, 15) is 4.79 Å². The number of benzene rings is 1. The number of likely N-dealkylation sites (tertiary alicyclic amines) is 1. The number of hydrogen-bond donors (Lipinski definition) is 0. The van der Waals surface area contributed by atoms with E-state index in [1.54, 1.807) is 17.7 Å². The monoisotopic (exact) mass is 325 g/mol. The molecule has 0 unspecified atom stereocenters. The van der Waals surface area contributed by atoms with Gasteiger partial charge < -0.3 is 9.47 Å². The molecule has 3 aromatic rings. The summed E-state index contributed by atoms with van der Waals surface area (Å²) < 4.78 is 1.99. The van der Waals surface area contributed by atoms with Crippen LogP contribution < -0.4 is 0 Å². The SMILES string of the molecule is C[C@@H](C(=O)N1CCC[C@H]1c1cccs1)n1cnc2ccccc21. The molecule has 4 nitrogen and oxygen atoms in total. The lowest BCUT2D eigenvalue weighted by Crippen LogP contribution is -2.35. The van der Waals surface area contributed by atoms with Gasteiger partial charge in [0.25, 0.3) is 0 Å². The van der Waals surface area contributed by atoms with Crippen LogP contribution in [0.3, 0.4) is 0 Å². The van der Waals surface area contributed by atoms with Gasteiger partial charge in [-0.2, -0.15) is 0 Å². The van der Waals surface area contributed by atoms with Crippen molar-refractivity contribution >= 4 is 28.3 Å². The minimum Gasteiger partial charge on any atom is -0.333 e. The normalized spacial score (nSPS) is 19.3. The van der Waals surface area contributed by atoms with Crippen molar-refractivity contribution in [2.24, 2.45) is 0 Å². The lowest BCUT2D eigenvalue weighted by Gasteiger charge is -2.27. The molecule has 0 N–H and O–H groups in total. The van der Waals surface area contributed by atoms with E-state index in [4.69, 9.17) is 0 Å². The topological polar surface area (TPSA) is 38.1 Å². The standard InChI is InChI=1S/C18H19N3OS/c1-13(21-12-19-14-6-2-3-7-15(14)21)18(22)20-10-4-8-16(20)17-9-5-11-23-17/h2-3,5-7,9,11-13,16H,4,8,10H2,1H3/t13-,16-/m0/s1. The van der Waals surface area contributed by atoms with Gasteiger partial charge in [-0.05, 0) is 43.3 Å². The zero-order valence-electron chi connectivity index (χ0n) is 13.1. The molecule has 1 aromatic carbocycles. The molecule has 1 aliphatic heterocycles. The number of fused-ring (bicyclic) bond motifs is 1. The molecule has 5 heteroatoms. The van der Waals surface area contributed by atoms with Crippen LogP contribution in [0, 0.1) is 0 Å². The second-order valence-electron chi connectivity index (χ2n) is 6.02. The summed E-state index contributed by atoms with van der Waals surface area (Å²) in [6.45, 7) is 2.82. The number of carbonyl (C=O) groups is 1. The average molecular weight is 325 g/mol. The maximum atomic E-state index is 13.1. The molecular formula is C18H19N3OS. The van der Waals surface area contributed by atoms with E-state index in [0.29, 0.717) is 0 Å². The van der Waals surface area contributed by atoms with Crippen molar-refractivity contribution in [1.29, 1.82) is 0 Å². The highest BCUT2D eigenvalue weighted by molar-refractivity contribution is 7.10. The van der Waals surface area contributed by atoms with E-state index < -0.39 is 0 Å².